The summed E-state index contributed by atoms with van der Waals surface area (Å²) in [5.74, 6) is 0.670. The van der Waals surface area contributed by atoms with Gasteiger partial charge in [-0.25, -0.2) is 0 Å². The first kappa shape index (κ1) is 16.4. The molecule has 22 heavy (non-hydrogen) atoms. The van der Waals surface area contributed by atoms with Gasteiger partial charge in [0.15, 0.2) is 11.5 Å². The summed E-state index contributed by atoms with van der Waals surface area (Å²) >= 11 is 6.06. The molecule has 3 nitrogen and oxygen atoms in total. The van der Waals surface area contributed by atoms with E-state index < -0.39 is 0 Å². The van der Waals surface area contributed by atoms with Gasteiger partial charge in [0.1, 0.15) is 0 Å². The molecule has 0 amide bonds. The van der Waals surface area contributed by atoms with Crippen LogP contribution in [0.5, 0.6) is 11.5 Å². The molecule has 0 aromatic heterocycles. The Labute approximate surface area is 135 Å². The van der Waals surface area contributed by atoms with Crippen LogP contribution in [0.2, 0.25) is 5.02 Å². The fraction of sp³-hybridized carbons (Fsp3) is 0.278. The maximum absolute atomic E-state index is 12.1. The average Bonchev–Trinajstić information content (AvgIpc) is 2.51. The fourth-order valence-corrected chi connectivity index (χ4v) is 2.28. The topological polar surface area (TPSA) is 35.5 Å². The van der Waals surface area contributed by atoms with E-state index in [1.54, 1.807) is 12.1 Å². The van der Waals surface area contributed by atoms with Gasteiger partial charge in [-0.15, -0.1) is 0 Å². The van der Waals surface area contributed by atoms with E-state index in [0.29, 0.717) is 23.1 Å². The second-order valence-corrected chi connectivity index (χ2v) is 5.22. The van der Waals surface area contributed by atoms with E-state index in [1.165, 1.54) is 0 Å². The predicted octanol–water partition coefficient (Wildman–Crippen LogP) is 4.45. The van der Waals surface area contributed by atoms with Gasteiger partial charge in [0.05, 0.1) is 13.0 Å². The summed E-state index contributed by atoms with van der Waals surface area (Å²) in [4.78, 5) is 12.1. The molecule has 116 valence electrons. The molecule has 2 aromatic carbocycles. The van der Waals surface area contributed by atoms with E-state index in [9.17, 15) is 4.79 Å². The van der Waals surface area contributed by atoms with Crippen molar-refractivity contribution in [3.63, 3.8) is 0 Å². The van der Waals surface area contributed by atoms with Gasteiger partial charge in [0.25, 0.3) is 0 Å². The SMILES string of the molecule is CCOc1cc(CC)ccc1OC(=O)Cc1ccccc1Cl. The third-order valence-corrected chi connectivity index (χ3v) is 3.60. The van der Waals surface area contributed by atoms with Crippen molar-refractivity contribution in [3.8, 4) is 11.5 Å². The number of esters is 1. The molecule has 0 saturated carbocycles. The Morgan fingerprint density at radius 3 is 2.55 bits per heavy atom. The maximum atomic E-state index is 12.1. The minimum absolute atomic E-state index is 0.126. The average molecular weight is 319 g/mol. The minimum atomic E-state index is -0.363. The molecule has 0 unspecified atom stereocenters. The molecule has 0 fully saturated rings. The van der Waals surface area contributed by atoms with E-state index in [0.717, 1.165) is 17.5 Å². The van der Waals surface area contributed by atoms with E-state index in [-0.39, 0.29) is 12.4 Å². The van der Waals surface area contributed by atoms with Crippen LogP contribution in [0.1, 0.15) is 25.0 Å². The van der Waals surface area contributed by atoms with Crippen LogP contribution in [0.25, 0.3) is 0 Å². The first-order valence-corrected chi connectivity index (χ1v) is 7.71. The van der Waals surface area contributed by atoms with Gasteiger partial charge in [-0.1, -0.05) is 42.8 Å². The molecule has 0 aliphatic heterocycles. The number of rotatable bonds is 6. The summed E-state index contributed by atoms with van der Waals surface area (Å²) in [5, 5.41) is 0.561. The molecule has 0 saturated heterocycles. The lowest BCUT2D eigenvalue weighted by atomic mass is 10.1. The van der Waals surface area contributed by atoms with Crippen molar-refractivity contribution in [2.75, 3.05) is 6.61 Å². The highest BCUT2D eigenvalue weighted by Gasteiger charge is 2.13. The highest BCUT2D eigenvalue weighted by atomic mass is 35.5. The molecule has 2 rings (SSSR count). The Morgan fingerprint density at radius 1 is 1.09 bits per heavy atom. The van der Waals surface area contributed by atoms with E-state index in [2.05, 4.69) is 6.92 Å². The summed E-state index contributed by atoms with van der Waals surface area (Å²) in [5.41, 5.74) is 1.88. The highest BCUT2D eigenvalue weighted by molar-refractivity contribution is 6.31. The Balaban J connectivity index is 2.12. The van der Waals surface area contributed by atoms with Crippen molar-refractivity contribution < 1.29 is 14.3 Å². The number of ether oxygens (including phenoxy) is 2. The lowest BCUT2D eigenvalue weighted by Gasteiger charge is -2.12. The molecule has 0 heterocycles. The van der Waals surface area contributed by atoms with E-state index in [4.69, 9.17) is 21.1 Å². The molecule has 0 radical (unpaired) electrons. The molecule has 0 aliphatic carbocycles. The molecule has 0 N–H and O–H groups in total. The number of benzene rings is 2. The van der Waals surface area contributed by atoms with Crippen molar-refractivity contribution in [1.82, 2.24) is 0 Å². The van der Waals surface area contributed by atoms with Crippen LogP contribution in [0.3, 0.4) is 0 Å². The van der Waals surface area contributed by atoms with Gasteiger partial charge in [-0.3, -0.25) is 4.79 Å². The van der Waals surface area contributed by atoms with Crippen LogP contribution >= 0.6 is 11.6 Å². The molecule has 2 aromatic rings. The van der Waals surface area contributed by atoms with Crippen LogP contribution in [0.15, 0.2) is 42.5 Å². The first-order chi connectivity index (χ1) is 10.6. The largest absolute Gasteiger partial charge is 0.490 e. The number of hydrogen-bond donors (Lipinski definition) is 0. The molecule has 4 heteroatoms. The second kappa shape index (κ2) is 7.85. The monoisotopic (exact) mass is 318 g/mol. The third-order valence-electron chi connectivity index (χ3n) is 3.23. The van der Waals surface area contributed by atoms with Crippen molar-refractivity contribution >= 4 is 17.6 Å². The Morgan fingerprint density at radius 2 is 1.86 bits per heavy atom. The summed E-state index contributed by atoms with van der Waals surface area (Å²) in [6.07, 6.45) is 1.02. The molecular weight excluding hydrogens is 300 g/mol. The summed E-state index contributed by atoms with van der Waals surface area (Å²) < 4.78 is 11.0. The van der Waals surface area contributed by atoms with Gasteiger partial charge in [0, 0.05) is 5.02 Å². The highest BCUT2D eigenvalue weighted by Crippen LogP contribution is 2.29. The van der Waals surface area contributed by atoms with Gasteiger partial charge in [-0.2, -0.15) is 0 Å². The smallest absolute Gasteiger partial charge is 0.315 e. The molecular formula is C18H19ClO3. The van der Waals surface area contributed by atoms with Crippen molar-refractivity contribution in [2.45, 2.75) is 26.7 Å². The number of hydrogen-bond acceptors (Lipinski definition) is 3. The second-order valence-electron chi connectivity index (χ2n) is 4.81. The first-order valence-electron chi connectivity index (χ1n) is 7.33. The van der Waals surface area contributed by atoms with Crippen LogP contribution in [-0.4, -0.2) is 12.6 Å². The van der Waals surface area contributed by atoms with Gasteiger partial charge >= 0.3 is 5.97 Å². The molecule has 0 spiro atoms. The maximum Gasteiger partial charge on any atom is 0.315 e. The zero-order valence-corrected chi connectivity index (χ0v) is 13.5. The summed E-state index contributed by atoms with van der Waals surface area (Å²) in [6, 6.07) is 12.8. The zero-order chi connectivity index (χ0) is 15.9. The Hall–Kier alpha value is -2.00. The van der Waals surface area contributed by atoms with Crippen LogP contribution in [0.4, 0.5) is 0 Å². The van der Waals surface area contributed by atoms with Crippen molar-refractivity contribution in [2.24, 2.45) is 0 Å². The number of carbonyl (C=O) groups is 1. The fourth-order valence-electron chi connectivity index (χ4n) is 2.08. The van der Waals surface area contributed by atoms with E-state index >= 15 is 0 Å². The number of carbonyl (C=O) groups excluding carboxylic acids is 1. The Bertz CT molecular complexity index is 653. The molecule has 0 aliphatic rings. The Kier molecular flexibility index (Phi) is 5.84. The summed E-state index contributed by atoms with van der Waals surface area (Å²) in [6.45, 7) is 4.48. The standard InChI is InChI=1S/C18H19ClO3/c1-3-13-9-10-16(17(11-13)21-4-2)22-18(20)12-14-7-5-6-8-15(14)19/h5-11H,3-4,12H2,1-2H3. The van der Waals surface area contributed by atoms with Crippen LogP contribution in [-0.2, 0) is 17.6 Å². The lowest BCUT2D eigenvalue weighted by molar-refractivity contribution is -0.133. The van der Waals surface area contributed by atoms with Crippen molar-refractivity contribution in [3.05, 3.63) is 58.6 Å². The van der Waals surface area contributed by atoms with E-state index in [1.807, 2.05) is 37.3 Å². The molecule has 0 bridgehead atoms. The lowest BCUT2D eigenvalue weighted by Crippen LogP contribution is -2.12. The summed E-state index contributed by atoms with van der Waals surface area (Å²) in [7, 11) is 0. The van der Waals surface area contributed by atoms with Gasteiger partial charge in [0.2, 0.25) is 0 Å². The number of aryl methyl sites for hydroxylation is 1. The minimum Gasteiger partial charge on any atom is -0.490 e. The van der Waals surface area contributed by atoms with Crippen LogP contribution in [0, 0.1) is 0 Å². The van der Waals surface area contributed by atoms with Gasteiger partial charge < -0.3 is 9.47 Å². The number of halogens is 1. The molecule has 0 atom stereocenters. The van der Waals surface area contributed by atoms with Crippen molar-refractivity contribution in [1.29, 1.82) is 0 Å². The third kappa shape index (κ3) is 4.25. The normalized spacial score (nSPS) is 10.3. The van der Waals surface area contributed by atoms with Crippen LogP contribution < -0.4 is 9.47 Å². The quantitative estimate of drug-likeness (QED) is 0.583. The predicted molar refractivity (Wildman–Crippen MR) is 87.8 cm³/mol. The van der Waals surface area contributed by atoms with Gasteiger partial charge in [-0.05, 0) is 42.7 Å². The zero-order valence-electron chi connectivity index (χ0n) is 12.8.